The number of nitrogens with two attached hydrogens (primary N) is 3. The van der Waals surface area contributed by atoms with E-state index in [1.807, 2.05) is 0 Å². The second-order valence-electron chi connectivity index (χ2n) is 5.44. The molecule has 25 heavy (non-hydrogen) atoms. The number of carbonyl (C=O) groups excluding carboxylic acids is 3. The van der Waals surface area contributed by atoms with Crippen molar-refractivity contribution in [3.05, 3.63) is 0 Å². The van der Waals surface area contributed by atoms with Crippen LogP contribution in [0.25, 0.3) is 0 Å². The maximum absolute atomic E-state index is 12.2. The number of amides is 4. The summed E-state index contributed by atoms with van der Waals surface area (Å²) in [5, 5.41) is 4.93. The lowest BCUT2D eigenvalue weighted by Gasteiger charge is -2.30. The third-order valence-corrected chi connectivity index (χ3v) is 3.54. The van der Waals surface area contributed by atoms with Gasteiger partial charge in [-0.2, -0.15) is 4.99 Å². The molecule has 8 N–H and O–H groups in total. The Bertz CT molecular complexity index is 490. The predicted octanol–water partition coefficient (Wildman–Crippen LogP) is -1.34. The first-order valence-electron chi connectivity index (χ1n) is 7.49. The smallest absolute Gasteiger partial charge is 0.318 e. The average Bonchev–Trinajstić information content (AvgIpc) is 2.46. The van der Waals surface area contributed by atoms with E-state index in [4.69, 9.17) is 17.2 Å². The van der Waals surface area contributed by atoms with Crippen LogP contribution in [0.1, 0.15) is 25.7 Å². The maximum atomic E-state index is 12.2. The van der Waals surface area contributed by atoms with Crippen molar-refractivity contribution in [3.63, 3.8) is 0 Å². The molecule has 1 unspecified atom stereocenters. The quantitative estimate of drug-likeness (QED) is 0.331. The minimum atomic E-state index is -0.824. The van der Waals surface area contributed by atoms with Gasteiger partial charge >= 0.3 is 6.03 Å². The molecule has 2 atom stereocenters. The highest BCUT2D eigenvalue weighted by atomic mass is 35.5. The fourth-order valence-corrected chi connectivity index (χ4v) is 2.19. The van der Waals surface area contributed by atoms with E-state index in [2.05, 4.69) is 15.6 Å². The van der Waals surface area contributed by atoms with Crippen molar-refractivity contribution in [1.29, 1.82) is 0 Å². The average molecular weight is 400 g/mol. The van der Waals surface area contributed by atoms with Gasteiger partial charge in [-0.25, -0.2) is 4.79 Å². The summed E-state index contributed by atoms with van der Waals surface area (Å²) in [5.74, 6) is -0.773. The SMILES string of the molecule is CN(C(=O)C[C@@H](N)CCCCN)C1CNC(NC(N)=O)=NC1=O.Cl.Cl. The third-order valence-electron chi connectivity index (χ3n) is 3.54. The first kappa shape index (κ1) is 25.6. The Morgan fingerprint density at radius 1 is 1.40 bits per heavy atom. The Kier molecular flexibility index (Phi) is 13.0. The third kappa shape index (κ3) is 8.87. The van der Waals surface area contributed by atoms with Gasteiger partial charge in [0.15, 0.2) is 0 Å². The minimum absolute atomic E-state index is 0. The Morgan fingerprint density at radius 3 is 2.56 bits per heavy atom. The molecule has 0 saturated heterocycles. The molecule has 12 heteroatoms. The number of carbonyl (C=O) groups is 3. The fraction of sp³-hybridized carbons (Fsp3) is 0.692. The van der Waals surface area contributed by atoms with Crippen LogP contribution in [0.4, 0.5) is 4.79 Å². The van der Waals surface area contributed by atoms with Gasteiger partial charge in [0.1, 0.15) is 6.04 Å². The molecule has 0 aromatic heterocycles. The molecule has 0 fully saturated rings. The molecule has 0 aromatic carbocycles. The maximum Gasteiger partial charge on any atom is 0.318 e. The molecule has 0 radical (unpaired) electrons. The van der Waals surface area contributed by atoms with E-state index >= 15 is 0 Å². The van der Waals surface area contributed by atoms with Crippen molar-refractivity contribution < 1.29 is 14.4 Å². The van der Waals surface area contributed by atoms with Crippen molar-refractivity contribution in [2.75, 3.05) is 20.1 Å². The largest absolute Gasteiger partial charge is 0.353 e. The second kappa shape index (κ2) is 12.7. The molecule has 1 heterocycles. The van der Waals surface area contributed by atoms with Gasteiger partial charge in [0.25, 0.3) is 5.91 Å². The Morgan fingerprint density at radius 2 is 2.04 bits per heavy atom. The van der Waals surface area contributed by atoms with Gasteiger partial charge in [-0.15, -0.1) is 24.8 Å². The number of guanidine groups is 1. The molecule has 0 aromatic rings. The van der Waals surface area contributed by atoms with E-state index < -0.39 is 18.0 Å². The number of nitrogens with one attached hydrogen (secondary N) is 2. The first-order chi connectivity index (χ1) is 10.8. The molecule has 1 aliphatic heterocycles. The number of rotatable bonds is 7. The lowest BCUT2D eigenvalue weighted by molar-refractivity contribution is -0.138. The summed E-state index contributed by atoms with van der Waals surface area (Å²) in [6, 6.07) is -1.83. The van der Waals surface area contributed by atoms with Crippen LogP contribution in [0.3, 0.4) is 0 Å². The Hall–Kier alpha value is -1.62. The van der Waals surface area contributed by atoms with Crippen LogP contribution in [0, 0.1) is 0 Å². The van der Waals surface area contributed by atoms with Gasteiger partial charge in [0.2, 0.25) is 11.9 Å². The van der Waals surface area contributed by atoms with Crippen molar-refractivity contribution in [1.82, 2.24) is 15.5 Å². The number of halogens is 2. The monoisotopic (exact) mass is 399 g/mol. The van der Waals surface area contributed by atoms with Crippen LogP contribution in [-0.4, -0.2) is 60.9 Å². The highest BCUT2D eigenvalue weighted by molar-refractivity contribution is 6.04. The number of urea groups is 1. The number of hydrogen-bond donors (Lipinski definition) is 5. The van der Waals surface area contributed by atoms with E-state index in [0.717, 1.165) is 12.8 Å². The standard InChI is InChI=1S/C13H25N7O3.2ClH/c1-20(10(21)6-8(15)4-2-3-5-14)9-7-17-13(18-11(9)22)19-12(16)23;;/h8-9H,2-7,14-15H2,1H3,(H4,16,17,18,19,22,23);2*1H/t8-,9?;;/m0../s1. The van der Waals surface area contributed by atoms with Gasteiger partial charge < -0.3 is 27.4 Å². The number of primary amides is 1. The topological polar surface area (TPSA) is 169 Å². The molecule has 4 amide bonds. The van der Waals surface area contributed by atoms with Crippen LogP contribution in [0.15, 0.2) is 4.99 Å². The van der Waals surface area contributed by atoms with Crippen molar-refractivity contribution in [2.45, 2.75) is 37.8 Å². The van der Waals surface area contributed by atoms with Crippen molar-refractivity contribution >= 4 is 48.6 Å². The van der Waals surface area contributed by atoms with E-state index in [1.165, 1.54) is 11.9 Å². The number of hydrogen-bond acceptors (Lipinski definition) is 6. The lowest BCUT2D eigenvalue weighted by atomic mass is 10.1. The molecule has 0 saturated carbocycles. The molecule has 0 bridgehead atoms. The van der Waals surface area contributed by atoms with Crippen LogP contribution >= 0.6 is 24.8 Å². The van der Waals surface area contributed by atoms with Crippen LogP contribution in [-0.2, 0) is 9.59 Å². The van der Waals surface area contributed by atoms with Gasteiger partial charge in [0.05, 0.1) is 0 Å². The minimum Gasteiger partial charge on any atom is -0.353 e. The van der Waals surface area contributed by atoms with E-state index in [0.29, 0.717) is 13.0 Å². The second-order valence-corrected chi connectivity index (χ2v) is 5.44. The zero-order chi connectivity index (χ0) is 17.4. The molecular weight excluding hydrogens is 373 g/mol. The van der Waals surface area contributed by atoms with Crippen molar-refractivity contribution in [2.24, 2.45) is 22.2 Å². The predicted molar refractivity (Wildman–Crippen MR) is 99.7 cm³/mol. The van der Waals surface area contributed by atoms with Gasteiger partial charge in [-0.1, -0.05) is 6.42 Å². The molecule has 1 rings (SSSR count). The summed E-state index contributed by atoms with van der Waals surface area (Å²) in [6.07, 6.45) is 2.59. The summed E-state index contributed by atoms with van der Waals surface area (Å²) in [5.41, 5.74) is 16.3. The van der Waals surface area contributed by atoms with Crippen LogP contribution in [0.2, 0.25) is 0 Å². The van der Waals surface area contributed by atoms with E-state index in [9.17, 15) is 14.4 Å². The number of nitrogens with zero attached hydrogens (tertiary/aromatic N) is 2. The van der Waals surface area contributed by atoms with Crippen LogP contribution < -0.4 is 27.8 Å². The van der Waals surface area contributed by atoms with Gasteiger partial charge in [-0.05, 0) is 19.4 Å². The fourth-order valence-electron chi connectivity index (χ4n) is 2.19. The van der Waals surface area contributed by atoms with E-state index in [-0.39, 0.29) is 55.7 Å². The number of aliphatic imine (C=N–C) groups is 1. The highest BCUT2D eigenvalue weighted by Gasteiger charge is 2.31. The summed E-state index contributed by atoms with van der Waals surface area (Å²) in [4.78, 5) is 39.9. The Labute approximate surface area is 159 Å². The van der Waals surface area contributed by atoms with Gasteiger partial charge in [0, 0.05) is 26.1 Å². The molecule has 0 spiro atoms. The lowest BCUT2D eigenvalue weighted by Crippen LogP contribution is -2.56. The Balaban J connectivity index is 0. The summed E-state index contributed by atoms with van der Waals surface area (Å²) < 4.78 is 0. The number of unbranched alkanes of at least 4 members (excludes halogenated alkanes) is 1. The summed E-state index contributed by atoms with van der Waals surface area (Å²) in [6.45, 7) is 0.741. The number of likely N-dealkylation sites (N-methyl/N-ethyl adjacent to an activating group) is 1. The molecule has 0 aliphatic carbocycles. The van der Waals surface area contributed by atoms with Gasteiger partial charge in [-0.3, -0.25) is 14.9 Å². The zero-order valence-electron chi connectivity index (χ0n) is 14.1. The van der Waals surface area contributed by atoms with Crippen molar-refractivity contribution in [3.8, 4) is 0 Å². The normalized spacial score (nSPS) is 17.2. The first-order valence-corrected chi connectivity index (χ1v) is 7.49. The van der Waals surface area contributed by atoms with E-state index in [1.54, 1.807) is 0 Å². The molecule has 10 nitrogen and oxygen atoms in total. The molecule has 1 aliphatic rings. The highest BCUT2D eigenvalue weighted by Crippen LogP contribution is 2.08. The molecular formula is C13H27Cl2N7O3. The summed E-state index contributed by atoms with van der Waals surface area (Å²) >= 11 is 0. The van der Waals surface area contributed by atoms with Crippen LogP contribution in [0.5, 0.6) is 0 Å². The zero-order valence-corrected chi connectivity index (χ0v) is 15.7. The summed E-state index contributed by atoms with van der Waals surface area (Å²) in [7, 11) is 1.53. The molecule has 146 valence electrons.